The molecule has 4 heteroatoms. The van der Waals surface area contributed by atoms with Gasteiger partial charge in [0.05, 0.1) is 29.4 Å². The van der Waals surface area contributed by atoms with E-state index in [0.29, 0.717) is 5.56 Å². The summed E-state index contributed by atoms with van der Waals surface area (Å²) in [5.74, 6) is -0.335. The summed E-state index contributed by atoms with van der Waals surface area (Å²) in [6.45, 7) is 0.827. The molecule has 0 spiro atoms. The number of nitrogens with one attached hydrogen (secondary N) is 1. The average molecular weight is 304 g/mol. The summed E-state index contributed by atoms with van der Waals surface area (Å²) in [6.07, 6.45) is 0.930. The number of nitrogens with zero attached hydrogens (tertiary/aromatic N) is 1. The van der Waals surface area contributed by atoms with Crippen LogP contribution in [0.25, 0.3) is 11.3 Å². The van der Waals surface area contributed by atoms with Gasteiger partial charge in [0.2, 0.25) is 0 Å². The SMILES string of the molecule is COC(=O)c1ccccc1C1=C2N=c3ccccc3=C2CCN1. The molecule has 2 aliphatic heterocycles. The van der Waals surface area contributed by atoms with Gasteiger partial charge in [0.25, 0.3) is 0 Å². The van der Waals surface area contributed by atoms with Crippen LogP contribution in [0.3, 0.4) is 0 Å². The van der Waals surface area contributed by atoms with Crippen LogP contribution in [-0.2, 0) is 4.74 Å². The number of hydrogen-bond donors (Lipinski definition) is 1. The number of carbonyl (C=O) groups is 1. The molecule has 0 saturated heterocycles. The largest absolute Gasteiger partial charge is 0.465 e. The fourth-order valence-electron chi connectivity index (χ4n) is 3.21. The van der Waals surface area contributed by atoms with Crippen molar-refractivity contribution in [2.75, 3.05) is 13.7 Å². The van der Waals surface area contributed by atoms with E-state index in [0.717, 1.165) is 35.3 Å². The van der Waals surface area contributed by atoms with Crippen LogP contribution in [0.2, 0.25) is 0 Å². The van der Waals surface area contributed by atoms with E-state index in [9.17, 15) is 4.79 Å². The summed E-state index contributed by atoms with van der Waals surface area (Å²) in [7, 11) is 1.40. The maximum atomic E-state index is 12.1. The lowest BCUT2D eigenvalue weighted by Crippen LogP contribution is -2.26. The lowest BCUT2D eigenvalue weighted by atomic mass is 9.96. The van der Waals surface area contributed by atoms with Crippen molar-refractivity contribution in [3.63, 3.8) is 0 Å². The minimum Gasteiger partial charge on any atom is -0.465 e. The van der Waals surface area contributed by atoms with Crippen LogP contribution in [0.15, 0.2) is 59.2 Å². The first-order chi connectivity index (χ1) is 11.3. The van der Waals surface area contributed by atoms with E-state index < -0.39 is 0 Å². The van der Waals surface area contributed by atoms with E-state index in [1.54, 1.807) is 6.07 Å². The van der Waals surface area contributed by atoms with Crippen molar-refractivity contribution in [1.29, 1.82) is 0 Å². The standard InChI is InChI=1S/C19H16N2O2/c1-23-19(22)15-8-3-2-7-13(15)17-18-14(10-11-20-17)12-6-4-5-9-16(12)21-18/h2-9,20H,10-11H2,1H3. The molecular weight excluding hydrogens is 288 g/mol. The first-order valence-electron chi connectivity index (χ1n) is 7.63. The number of ether oxygens (including phenoxy) is 1. The van der Waals surface area contributed by atoms with E-state index in [4.69, 9.17) is 9.73 Å². The van der Waals surface area contributed by atoms with Crippen molar-refractivity contribution in [2.45, 2.75) is 6.42 Å². The summed E-state index contributed by atoms with van der Waals surface area (Å²) in [5, 5.41) is 5.60. The highest BCUT2D eigenvalue weighted by Crippen LogP contribution is 2.31. The third-order valence-corrected chi connectivity index (χ3v) is 4.26. The van der Waals surface area contributed by atoms with E-state index in [1.807, 2.05) is 36.4 Å². The third kappa shape index (κ3) is 2.14. The second kappa shape index (κ2) is 5.39. The zero-order chi connectivity index (χ0) is 15.8. The molecule has 2 aliphatic rings. The average Bonchev–Trinajstić information content (AvgIpc) is 3.00. The molecular formula is C19H16N2O2. The van der Waals surface area contributed by atoms with Gasteiger partial charge in [0.1, 0.15) is 0 Å². The smallest absolute Gasteiger partial charge is 0.338 e. The quantitative estimate of drug-likeness (QED) is 0.858. The summed E-state index contributed by atoms with van der Waals surface area (Å²) >= 11 is 0. The Bertz CT molecular complexity index is 957. The second-order valence-electron chi connectivity index (χ2n) is 5.55. The van der Waals surface area contributed by atoms with Crippen LogP contribution < -0.4 is 15.9 Å². The van der Waals surface area contributed by atoms with Crippen LogP contribution in [0.4, 0.5) is 0 Å². The van der Waals surface area contributed by atoms with E-state index in [-0.39, 0.29) is 5.97 Å². The van der Waals surface area contributed by atoms with Crippen molar-refractivity contribution in [2.24, 2.45) is 4.99 Å². The van der Waals surface area contributed by atoms with Crippen molar-refractivity contribution < 1.29 is 9.53 Å². The van der Waals surface area contributed by atoms with Gasteiger partial charge in [0, 0.05) is 17.3 Å². The molecule has 114 valence electrons. The molecule has 0 amide bonds. The predicted octanol–water partition coefficient (Wildman–Crippen LogP) is 1.62. The molecule has 23 heavy (non-hydrogen) atoms. The van der Waals surface area contributed by atoms with Crippen LogP contribution in [0, 0.1) is 0 Å². The van der Waals surface area contributed by atoms with Crippen molar-refractivity contribution >= 4 is 17.2 Å². The van der Waals surface area contributed by atoms with Gasteiger partial charge in [-0.1, -0.05) is 36.4 Å². The molecule has 0 aromatic heterocycles. The van der Waals surface area contributed by atoms with Crippen molar-refractivity contribution in [3.8, 4) is 0 Å². The molecule has 2 aromatic carbocycles. The monoisotopic (exact) mass is 304 g/mol. The molecule has 0 aliphatic carbocycles. The molecule has 0 saturated carbocycles. The van der Waals surface area contributed by atoms with Gasteiger partial charge in [0.15, 0.2) is 0 Å². The number of allylic oxidation sites excluding steroid dienone is 1. The van der Waals surface area contributed by atoms with Gasteiger partial charge in [-0.3, -0.25) is 0 Å². The number of methoxy groups -OCH3 is 1. The number of esters is 1. The minimum atomic E-state index is -0.335. The lowest BCUT2D eigenvalue weighted by Gasteiger charge is -2.22. The molecule has 1 N–H and O–H groups in total. The Balaban J connectivity index is 1.98. The van der Waals surface area contributed by atoms with Gasteiger partial charge >= 0.3 is 5.97 Å². The Morgan fingerprint density at radius 3 is 2.78 bits per heavy atom. The number of benzene rings is 2. The van der Waals surface area contributed by atoms with Crippen molar-refractivity contribution in [1.82, 2.24) is 5.32 Å². The second-order valence-corrected chi connectivity index (χ2v) is 5.55. The highest BCUT2D eigenvalue weighted by molar-refractivity contribution is 5.97. The molecule has 4 rings (SSSR count). The zero-order valence-electron chi connectivity index (χ0n) is 12.8. The van der Waals surface area contributed by atoms with Gasteiger partial charge in [-0.25, -0.2) is 9.79 Å². The molecule has 0 radical (unpaired) electrons. The van der Waals surface area contributed by atoms with Crippen LogP contribution in [-0.4, -0.2) is 19.6 Å². The van der Waals surface area contributed by atoms with E-state index >= 15 is 0 Å². The molecule has 0 bridgehead atoms. The predicted molar refractivity (Wildman–Crippen MR) is 88.0 cm³/mol. The minimum absolute atomic E-state index is 0.335. The maximum absolute atomic E-state index is 12.1. The zero-order valence-corrected chi connectivity index (χ0v) is 12.8. The number of carbonyl (C=O) groups excluding carboxylic acids is 1. The fraction of sp³-hybridized carbons (Fsp3) is 0.158. The fourth-order valence-corrected chi connectivity index (χ4v) is 3.21. The first-order valence-corrected chi connectivity index (χ1v) is 7.63. The van der Waals surface area contributed by atoms with Crippen molar-refractivity contribution in [3.05, 3.63) is 75.9 Å². The highest BCUT2D eigenvalue weighted by atomic mass is 16.5. The third-order valence-electron chi connectivity index (χ3n) is 4.26. The van der Waals surface area contributed by atoms with Crippen LogP contribution >= 0.6 is 0 Å². The maximum Gasteiger partial charge on any atom is 0.338 e. The number of rotatable bonds is 2. The summed E-state index contributed by atoms with van der Waals surface area (Å²) < 4.78 is 4.91. The number of fused-ring (bicyclic) bond motifs is 2. The summed E-state index contributed by atoms with van der Waals surface area (Å²) in [6, 6.07) is 15.6. The lowest BCUT2D eigenvalue weighted by molar-refractivity contribution is 0.0600. The molecule has 0 atom stereocenters. The Hall–Kier alpha value is -2.88. The van der Waals surface area contributed by atoms with E-state index in [1.165, 1.54) is 17.9 Å². The Morgan fingerprint density at radius 1 is 1.13 bits per heavy atom. The molecule has 4 nitrogen and oxygen atoms in total. The Kier molecular flexibility index (Phi) is 3.23. The Labute approximate surface area is 133 Å². The summed E-state index contributed by atoms with van der Waals surface area (Å²) in [4.78, 5) is 16.9. The normalized spacial score (nSPS) is 15.4. The number of hydrogen-bond acceptors (Lipinski definition) is 4. The van der Waals surface area contributed by atoms with E-state index in [2.05, 4.69) is 11.4 Å². The molecule has 2 heterocycles. The summed E-state index contributed by atoms with van der Waals surface area (Å²) in [5.41, 5.74) is 4.48. The van der Waals surface area contributed by atoms with Crippen LogP contribution in [0.5, 0.6) is 0 Å². The Morgan fingerprint density at radius 2 is 1.91 bits per heavy atom. The molecule has 2 aromatic rings. The first kappa shape index (κ1) is 13.8. The van der Waals surface area contributed by atoms with Gasteiger partial charge < -0.3 is 10.1 Å². The number of para-hydroxylation sites is 1. The van der Waals surface area contributed by atoms with Gasteiger partial charge in [-0.2, -0.15) is 0 Å². The topological polar surface area (TPSA) is 50.7 Å². The van der Waals surface area contributed by atoms with Gasteiger partial charge in [-0.15, -0.1) is 0 Å². The highest BCUT2D eigenvalue weighted by Gasteiger charge is 2.25. The molecule has 0 fully saturated rings. The van der Waals surface area contributed by atoms with Gasteiger partial charge in [-0.05, 0) is 24.1 Å². The van der Waals surface area contributed by atoms with Crippen LogP contribution in [0.1, 0.15) is 22.3 Å². The molecule has 0 unspecified atom stereocenters.